The smallest absolute Gasteiger partial charge is 0.313 e. The van der Waals surface area contributed by atoms with Gasteiger partial charge in [0.25, 0.3) is 0 Å². The number of hydrogen-bond donors (Lipinski definition) is 2. The zero-order chi connectivity index (χ0) is 16.8. The van der Waals surface area contributed by atoms with Crippen LogP contribution in [0.5, 0.6) is 0 Å². The average molecular weight is 379 g/mol. The third kappa shape index (κ3) is 4.89. The van der Waals surface area contributed by atoms with Gasteiger partial charge in [0.1, 0.15) is 5.82 Å². The van der Waals surface area contributed by atoms with E-state index in [4.69, 9.17) is 0 Å². The van der Waals surface area contributed by atoms with Gasteiger partial charge in [0.2, 0.25) is 0 Å². The first-order valence-corrected chi connectivity index (χ1v) is 7.86. The number of amides is 2. The average Bonchev–Trinajstić information content (AvgIpc) is 2.55. The first-order valence-electron chi connectivity index (χ1n) is 7.06. The van der Waals surface area contributed by atoms with Crippen LogP contribution >= 0.6 is 15.9 Å². The lowest BCUT2D eigenvalue weighted by molar-refractivity contribution is -0.136. The second-order valence-corrected chi connectivity index (χ2v) is 6.02. The minimum absolute atomic E-state index is 0.0375. The maximum Gasteiger partial charge on any atom is 0.313 e. The van der Waals surface area contributed by atoms with Crippen molar-refractivity contribution in [2.24, 2.45) is 0 Å². The van der Waals surface area contributed by atoms with Crippen molar-refractivity contribution in [2.45, 2.75) is 12.8 Å². The molecule has 0 aliphatic heterocycles. The third-order valence-electron chi connectivity index (χ3n) is 3.32. The van der Waals surface area contributed by atoms with Gasteiger partial charge in [0.15, 0.2) is 0 Å². The fourth-order valence-corrected chi connectivity index (χ4v) is 2.33. The van der Waals surface area contributed by atoms with Crippen LogP contribution in [-0.2, 0) is 9.59 Å². The third-order valence-corrected chi connectivity index (χ3v) is 3.82. The highest BCUT2D eigenvalue weighted by Crippen LogP contribution is 2.19. The molecule has 0 bridgehead atoms. The van der Waals surface area contributed by atoms with Crippen LogP contribution in [0.25, 0.3) is 0 Å². The number of benzene rings is 2. The minimum atomic E-state index is -0.897. The van der Waals surface area contributed by atoms with Crippen molar-refractivity contribution in [3.05, 3.63) is 64.4 Å². The Kier molecular flexibility index (Phi) is 5.87. The van der Waals surface area contributed by atoms with Gasteiger partial charge in [-0.25, -0.2) is 4.39 Å². The fraction of sp³-hybridized carbons (Fsp3) is 0.176. The van der Waals surface area contributed by atoms with Crippen LogP contribution in [0.4, 0.5) is 10.1 Å². The highest BCUT2D eigenvalue weighted by atomic mass is 79.9. The SMILES string of the molecule is C[C@@H](CNC(=O)C(=O)Nc1ccc(Br)cc1F)c1ccccc1. The molecule has 2 N–H and O–H groups in total. The van der Waals surface area contributed by atoms with Gasteiger partial charge in [-0.3, -0.25) is 9.59 Å². The summed E-state index contributed by atoms with van der Waals surface area (Å²) in [5, 5.41) is 4.80. The lowest BCUT2D eigenvalue weighted by Gasteiger charge is -2.13. The summed E-state index contributed by atoms with van der Waals surface area (Å²) in [5.74, 6) is -2.24. The predicted octanol–water partition coefficient (Wildman–Crippen LogP) is 3.45. The Morgan fingerprint density at radius 1 is 1.13 bits per heavy atom. The second kappa shape index (κ2) is 7.87. The van der Waals surface area contributed by atoms with Crippen LogP contribution in [0, 0.1) is 5.82 Å². The molecule has 23 heavy (non-hydrogen) atoms. The van der Waals surface area contributed by atoms with Crippen molar-refractivity contribution in [3.63, 3.8) is 0 Å². The number of halogens is 2. The van der Waals surface area contributed by atoms with Crippen molar-refractivity contribution in [3.8, 4) is 0 Å². The Balaban J connectivity index is 1.89. The highest BCUT2D eigenvalue weighted by molar-refractivity contribution is 9.10. The van der Waals surface area contributed by atoms with Crippen molar-refractivity contribution in [1.29, 1.82) is 0 Å². The molecule has 2 aromatic rings. The first kappa shape index (κ1) is 17.1. The Bertz CT molecular complexity index is 707. The van der Waals surface area contributed by atoms with E-state index in [0.717, 1.165) is 5.56 Å². The highest BCUT2D eigenvalue weighted by Gasteiger charge is 2.16. The number of hydrogen-bond acceptors (Lipinski definition) is 2. The molecule has 0 aromatic heterocycles. The molecule has 0 aliphatic rings. The topological polar surface area (TPSA) is 58.2 Å². The van der Waals surface area contributed by atoms with Gasteiger partial charge < -0.3 is 10.6 Å². The van der Waals surface area contributed by atoms with Gasteiger partial charge in [0.05, 0.1) is 5.69 Å². The van der Waals surface area contributed by atoms with Crippen molar-refractivity contribution in [2.75, 3.05) is 11.9 Å². The van der Waals surface area contributed by atoms with Gasteiger partial charge in [-0.05, 0) is 29.7 Å². The monoisotopic (exact) mass is 378 g/mol. The summed E-state index contributed by atoms with van der Waals surface area (Å²) in [4.78, 5) is 23.6. The van der Waals surface area contributed by atoms with Crippen LogP contribution in [-0.4, -0.2) is 18.4 Å². The fourth-order valence-electron chi connectivity index (χ4n) is 2.00. The molecule has 2 aromatic carbocycles. The molecule has 0 radical (unpaired) electrons. The normalized spacial score (nSPS) is 11.6. The van der Waals surface area contributed by atoms with E-state index in [9.17, 15) is 14.0 Å². The van der Waals surface area contributed by atoms with Gasteiger partial charge >= 0.3 is 11.8 Å². The van der Waals surface area contributed by atoms with E-state index in [0.29, 0.717) is 11.0 Å². The molecule has 0 unspecified atom stereocenters. The molecule has 0 aliphatic carbocycles. The standard InChI is InChI=1S/C17H16BrFN2O2/c1-11(12-5-3-2-4-6-12)10-20-16(22)17(23)21-15-8-7-13(18)9-14(15)19/h2-9,11H,10H2,1H3,(H,20,22)(H,21,23)/t11-/m0/s1. The van der Waals surface area contributed by atoms with Crippen LogP contribution in [0.15, 0.2) is 53.0 Å². The lowest BCUT2D eigenvalue weighted by atomic mass is 10.0. The van der Waals surface area contributed by atoms with E-state index >= 15 is 0 Å². The largest absolute Gasteiger partial charge is 0.347 e. The zero-order valence-corrected chi connectivity index (χ0v) is 14.1. The molecule has 0 saturated carbocycles. The molecule has 0 spiro atoms. The van der Waals surface area contributed by atoms with E-state index in [1.54, 1.807) is 6.07 Å². The Morgan fingerprint density at radius 3 is 2.48 bits per heavy atom. The van der Waals surface area contributed by atoms with E-state index in [2.05, 4.69) is 26.6 Å². The summed E-state index contributed by atoms with van der Waals surface area (Å²) in [6.07, 6.45) is 0. The molecular formula is C17H16BrFN2O2. The van der Waals surface area contributed by atoms with Crippen molar-refractivity contribution < 1.29 is 14.0 Å². The van der Waals surface area contributed by atoms with Gasteiger partial charge in [0, 0.05) is 11.0 Å². The molecule has 120 valence electrons. The molecular weight excluding hydrogens is 363 g/mol. The molecule has 2 amide bonds. The van der Waals surface area contributed by atoms with Gasteiger partial charge in [-0.1, -0.05) is 53.2 Å². The summed E-state index contributed by atoms with van der Waals surface area (Å²) in [6.45, 7) is 2.26. The molecule has 1 atom stereocenters. The first-order chi connectivity index (χ1) is 11.0. The summed E-state index contributed by atoms with van der Waals surface area (Å²) in [5.41, 5.74) is 1.02. The summed E-state index contributed by atoms with van der Waals surface area (Å²) >= 11 is 3.12. The second-order valence-electron chi connectivity index (χ2n) is 5.10. The maximum atomic E-state index is 13.6. The zero-order valence-electron chi connectivity index (χ0n) is 12.5. The molecule has 2 rings (SSSR count). The number of carbonyl (C=O) groups is 2. The minimum Gasteiger partial charge on any atom is -0.347 e. The van der Waals surface area contributed by atoms with E-state index in [-0.39, 0.29) is 11.6 Å². The molecule has 4 nitrogen and oxygen atoms in total. The molecule has 0 heterocycles. The van der Waals surface area contributed by atoms with E-state index < -0.39 is 17.6 Å². The molecule has 0 saturated heterocycles. The van der Waals surface area contributed by atoms with E-state index in [1.165, 1.54) is 12.1 Å². The maximum absolute atomic E-state index is 13.6. The van der Waals surface area contributed by atoms with Gasteiger partial charge in [-0.2, -0.15) is 0 Å². The van der Waals surface area contributed by atoms with Crippen molar-refractivity contribution in [1.82, 2.24) is 5.32 Å². The number of anilines is 1. The molecule has 6 heteroatoms. The Labute approximate surface area is 142 Å². The summed E-state index contributed by atoms with van der Waals surface area (Å²) in [7, 11) is 0. The quantitative estimate of drug-likeness (QED) is 0.800. The number of rotatable bonds is 4. The molecule has 0 fully saturated rings. The Morgan fingerprint density at radius 2 is 1.83 bits per heavy atom. The van der Waals surface area contributed by atoms with Crippen LogP contribution < -0.4 is 10.6 Å². The lowest BCUT2D eigenvalue weighted by Crippen LogP contribution is -2.37. The van der Waals surface area contributed by atoms with Crippen LogP contribution in [0.3, 0.4) is 0 Å². The van der Waals surface area contributed by atoms with E-state index in [1.807, 2.05) is 37.3 Å². The summed E-state index contributed by atoms with van der Waals surface area (Å²) < 4.78 is 14.2. The van der Waals surface area contributed by atoms with Gasteiger partial charge in [-0.15, -0.1) is 0 Å². The number of nitrogens with one attached hydrogen (secondary N) is 2. The summed E-state index contributed by atoms with van der Waals surface area (Å²) in [6, 6.07) is 13.8. The Hall–Kier alpha value is -2.21. The van der Waals surface area contributed by atoms with Crippen molar-refractivity contribution >= 4 is 33.4 Å². The number of carbonyl (C=O) groups excluding carboxylic acids is 2. The predicted molar refractivity (Wildman–Crippen MR) is 90.6 cm³/mol. The van der Waals surface area contributed by atoms with Crippen LogP contribution in [0.2, 0.25) is 0 Å². The van der Waals surface area contributed by atoms with Crippen LogP contribution in [0.1, 0.15) is 18.4 Å².